The minimum atomic E-state index is -0.124. The van der Waals surface area contributed by atoms with Gasteiger partial charge in [-0.15, -0.1) is 0 Å². The molecule has 0 atom stereocenters. The molecule has 3 rings (SSSR count). The summed E-state index contributed by atoms with van der Waals surface area (Å²) in [6, 6.07) is 15.1. The lowest BCUT2D eigenvalue weighted by molar-refractivity contribution is -0.113. The van der Waals surface area contributed by atoms with E-state index >= 15 is 0 Å². The molecule has 0 saturated heterocycles. The summed E-state index contributed by atoms with van der Waals surface area (Å²) in [6.45, 7) is 7.86. The summed E-state index contributed by atoms with van der Waals surface area (Å²) in [7, 11) is 0. The van der Waals surface area contributed by atoms with Crippen molar-refractivity contribution in [2.45, 2.75) is 44.8 Å². The first-order valence-corrected chi connectivity index (χ1v) is 11.6. The molecular formula is C24H29N3O3S. The first kappa shape index (κ1) is 23.0. The average Bonchev–Trinajstić information content (AvgIpc) is 2.77. The fourth-order valence-corrected chi connectivity index (χ4v) is 4.18. The third-order valence-corrected chi connectivity index (χ3v) is 5.87. The standard InChI is InChI=1S/C24H29N3O3S/c1-4-30-15-9-14-27-23(29)19-11-6-8-13-21(19)26-24(27)31-16-22(28)25-20-12-7-5-10-18(20)17(2)3/h5-8,10-13,17H,4,9,14-16H2,1-3H3,(H,25,28). The number of ether oxygens (including phenoxy) is 1. The highest BCUT2D eigenvalue weighted by Crippen LogP contribution is 2.24. The van der Waals surface area contributed by atoms with E-state index in [1.165, 1.54) is 11.8 Å². The lowest BCUT2D eigenvalue weighted by Gasteiger charge is -2.15. The molecule has 1 aromatic heterocycles. The molecule has 2 aromatic carbocycles. The Kier molecular flexibility index (Phi) is 8.26. The quantitative estimate of drug-likeness (QED) is 0.282. The number of thioether (sulfide) groups is 1. The zero-order valence-electron chi connectivity index (χ0n) is 18.3. The number of aromatic nitrogens is 2. The van der Waals surface area contributed by atoms with Gasteiger partial charge >= 0.3 is 0 Å². The number of nitrogens with zero attached hydrogens (tertiary/aromatic N) is 2. The van der Waals surface area contributed by atoms with Crippen molar-refractivity contribution in [3.05, 3.63) is 64.4 Å². The lowest BCUT2D eigenvalue weighted by atomic mass is 10.0. The second-order valence-corrected chi connectivity index (χ2v) is 8.44. The molecule has 3 aromatic rings. The molecule has 7 heteroatoms. The van der Waals surface area contributed by atoms with Crippen molar-refractivity contribution in [2.24, 2.45) is 0 Å². The molecule has 31 heavy (non-hydrogen) atoms. The average molecular weight is 440 g/mol. The lowest BCUT2D eigenvalue weighted by Crippen LogP contribution is -2.25. The number of rotatable bonds is 10. The molecule has 1 heterocycles. The summed E-state index contributed by atoms with van der Waals surface area (Å²) >= 11 is 1.28. The van der Waals surface area contributed by atoms with E-state index < -0.39 is 0 Å². The summed E-state index contributed by atoms with van der Waals surface area (Å²) in [4.78, 5) is 30.4. The van der Waals surface area contributed by atoms with E-state index in [0.29, 0.717) is 48.2 Å². The Bertz CT molecular complexity index is 1090. The number of hydrogen-bond donors (Lipinski definition) is 1. The third kappa shape index (κ3) is 5.95. The summed E-state index contributed by atoms with van der Waals surface area (Å²) in [5.41, 5.74) is 2.47. The highest BCUT2D eigenvalue weighted by atomic mass is 32.2. The van der Waals surface area contributed by atoms with Crippen molar-refractivity contribution < 1.29 is 9.53 Å². The van der Waals surface area contributed by atoms with Crippen molar-refractivity contribution in [3.63, 3.8) is 0 Å². The minimum absolute atomic E-state index is 0.0878. The third-order valence-electron chi connectivity index (χ3n) is 4.89. The predicted molar refractivity (Wildman–Crippen MR) is 127 cm³/mol. The van der Waals surface area contributed by atoms with Gasteiger partial charge in [-0.1, -0.05) is 55.9 Å². The van der Waals surface area contributed by atoms with Gasteiger partial charge in [-0.3, -0.25) is 14.2 Å². The van der Waals surface area contributed by atoms with Crippen LogP contribution in [0.2, 0.25) is 0 Å². The first-order valence-electron chi connectivity index (χ1n) is 10.6. The van der Waals surface area contributed by atoms with E-state index in [1.54, 1.807) is 10.6 Å². The molecule has 0 spiro atoms. The van der Waals surface area contributed by atoms with E-state index in [2.05, 4.69) is 24.1 Å². The van der Waals surface area contributed by atoms with Crippen LogP contribution in [0.5, 0.6) is 0 Å². The SMILES string of the molecule is CCOCCCn1c(SCC(=O)Nc2ccccc2C(C)C)nc2ccccc2c1=O. The number of benzene rings is 2. The van der Waals surface area contributed by atoms with Crippen LogP contribution in [0.1, 0.15) is 38.7 Å². The van der Waals surface area contributed by atoms with Gasteiger partial charge in [-0.2, -0.15) is 0 Å². The Labute approximate surface area is 187 Å². The number of nitrogens with one attached hydrogen (secondary N) is 1. The Morgan fingerprint density at radius 2 is 1.90 bits per heavy atom. The van der Waals surface area contributed by atoms with Crippen molar-refractivity contribution >= 4 is 34.3 Å². The Balaban J connectivity index is 1.78. The summed E-state index contributed by atoms with van der Waals surface area (Å²) in [6.07, 6.45) is 0.704. The number of carbonyl (C=O) groups excluding carboxylic acids is 1. The fourth-order valence-electron chi connectivity index (χ4n) is 3.35. The maximum atomic E-state index is 13.0. The normalized spacial score (nSPS) is 11.2. The second kappa shape index (κ2) is 11.1. The number of hydrogen-bond acceptors (Lipinski definition) is 5. The molecule has 0 bridgehead atoms. The molecule has 0 radical (unpaired) electrons. The van der Waals surface area contributed by atoms with Gasteiger partial charge in [0.1, 0.15) is 0 Å². The van der Waals surface area contributed by atoms with Crippen molar-refractivity contribution in [2.75, 3.05) is 24.3 Å². The predicted octanol–water partition coefficient (Wildman–Crippen LogP) is 4.68. The number of anilines is 1. The van der Waals surface area contributed by atoms with Crippen LogP contribution >= 0.6 is 11.8 Å². The number of para-hydroxylation sites is 2. The number of carbonyl (C=O) groups is 1. The van der Waals surface area contributed by atoms with Gasteiger partial charge < -0.3 is 10.1 Å². The topological polar surface area (TPSA) is 73.2 Å². The largest absolute Gasteiger partial charge is 0.382 e. The van der Waals surface area contributed by atoms with E-state index in [4.69, 9.17) is 4.74 Å². The Hall–Kier alpha value is -2.64. The molecule has 164 valence electrons. The molecule has 6 nitrogen and oxygen atoms in total. The molecular weight excluding hydrogens is 410 g/mol. The monoisotopic (exact) mass is 439 g/mol. The van der Waals surface area contributed by atoms with Gasteiger partial charge in [0, 0.05) is 25.4 Å². The van der Waals surface area contributed by atoms with Crippen molar-refractivity contribution in [3.8, 4) is 0 Å². The van der Waals surface area contributed by atoms with Crippen LogP contribution < -0.4 is 10.9 Å². The molecule has 0 unspecified atom stereocenters. The fraction of sp³-hybridized carbons (Fsp3) is 0.375. The van der Waals surface area contributed by atoms with Crippen LogP contribution in [0.3, 0.4) is 0 Å². The molecule has 1 N–H and O–H groups in total. The van der Waals surface area contributed by atoms with Crippen LogP contribution in [0, 0.1) is 0 Å². The van der Waals surface area contributed by atoms with Gasteiger partial charge in [0.2, 0.25) is 5.91 Å². The van der Waals surface area contributed by atoms with Gasteiger partial charge in [0.05, 0.1) is 16.7 Å². The van der Waals surface area contributed by atoms with Crippen LogP contribution in [-0.2, 0) is 16.1 Å². The zero-order chi connectivity index (χ0) is 22.2. The highest BCUT2D eigenvalue weighted by Gasteiger charge is 2.14. The highest BCUT2D eigenvalue weighted by molar-refractivity contribution is 7.99. The first-order chi connectivity index (χ1) is 15.0. The van der Waals surface area contributed by atoms with Crippen LogP contribution in [0.4, 0.5) is 5.69 Å². The molecule has 0 aliphatic heterocycles. The van der Waals surface area contributed by atoms with Crippen LogP contribution in [0.15, 0.2) is 58.5 Å². The van der Waals surface area contributed by atoms with E-state index in [0.717, 1.165) is 11.3 Å². The van der Waals surface area contributed by atoms with Gasteiger partial charge in [-0.05, 0) is 43.0 Å². The van der Waals surface area contributed by atoms with E-state index in [-0.39, 0.29) is 17.2 Å². The second-order valence-electron chi connectivity index (χ2n) is 7.50. The van der Waals surface area contributed by atoms with Crippen molar-refractivity contribution in [1.29, 1.82) is 0 Å². The molecule has 0 fully saturated rings. The summed E-state index contributed by atoms with van der Waals surface area (Å²) in [5, 5.41) is 4.13. The maximum absolute atomic E-state index is 13.0. The summed E-state index contributed by atoms with van der Waals surface area (Å²) in [5.74, 6) is 0.353. The number of fused-ring (bicyclic) bond motifs is 1. The van der Waals surface area contributed by atoms with Gasteiger partial charge in [0.15, 0.2) is 5.16 Å². The smallest absolute Gasteiger partial charge is 0.262 e. The van der Waals surface area contributed by atoms with Gasteiger partial charge in [0.25, 0.3) is 5.56 Å². The van der Waals surface area contributed by atoms with E-state index in [9.17, 15) is 9.59 Å². The number of amides is 1. The molecule has 0 saturated carbocycles. The van der Waals surface area contributed by atoms with Gasteiger partial charge in [-0.25, -0.2) is 4.98 Å². The Morgan fingerprint density at radius 1 is 1.16 bits per heavy atom. The van der Waals surface area contributed by atoms with Crippen LogP contribution in [0.25, 0.3) is 10.9 Å². The van der Waals surface area contributed by atoms with Crippen LogP contribution in [-0.4, -0.2) is 34.4 Å². The zero-order valence-corrected chi connectivity index (χ0v) is 19.1. The maximum Gasteiger partial charge on any atom is 0.262 e. The molecule has 0 aliphatic carbocycles. The van der Waals surface area contributed by atoms with E-state index in [1.807, 2.05) is 49.4 Å². The minimum Gasteiger partial charge on any atom is -0.382 e. The summed E-state index contributed by atoms with van der Waals surface area (Å²) < 4.78 is 7.06. The molecule has 1 amide bonds. The molecule has 0 aliphatic rings. The Morgan fingerprint density at radius 3 is 2.68 bits per heavy atom. The van der Waals surface area contributed by atoms with Crippen molar-refractivity contribution in [1.82, 2.24) is 9.55 Å².